The fourth-order valence-electron chi connectivity index (χ4n) is 2.67. The standard InChI is InChI=1S/C15H22FNO/c1-11(18)12-5-6-14(13(16)9-12)17-8-4-7-15(2,3)10-17/h5-6,9,11,18H,4,7-8,10H2,1-3H3. The highest BCUT2D eigenvalue weighted by Crippen LogP contribution is 2.33. The third-order valence-corrected chi connectivity index (χ3v) is 3.70. The molecule has 0 saturated carbocycles. The van der Waals surface area contributed by atoms with Crippen LogP contribution in [0.1, 0.15) is 45.3 Å². The van der Waals surface area contributed by atoms with Gasteiger partial charge in [-0.25, -0.2) is 4.39 Å². The molecule has 0 spiro atoms. The quantitative estimate of drug-likeness (QED) is 0.869. The maximum absolute atomic E-state index is 14.1. The topological polar surface area (TPSA) is 23.5 Å². The molecule has 1 heterocycles. The Morgan fingerprint density at radius 1 is 1.39 bits per heavy atom. The highest BCUT2D eigenvalue weighted by atomic mass is 19.1. The van der Waals surface area contributed by atoms with Crippen molar-refractivity contribution in [2.75, 3.05) is 18.0 Å². The first-order chi connectivity index (χ1) is 8.39. The van der Waals surface area contributed by atoms with E-state index in [1.807, 2.05) is 6.07 Å². The zero-order chi connectivity index (χ0) is 13.3. The molecule has 100 valence electrons. The molecule has 1 aromatic carbocycles. The van der Waals surface area contributed by atoms with Crippen molar-refractivity contribution in [2.45, 2.75) is 39.7 Å². The number of halogens is 1. The Morgan fingerprint density at radius 3 is 2.67 bits per heavy atom. The predicted molar refractivity (Wildman–Crippen MR) is 72.3 cm³/mol. The lowest BCUT2D eigenvalue weighted by Crippen LogP contribution is -2.40. The molecule has 1 aliphatic heterocycles. The van der Waals surface area contributed by atoms with Crippen LogP contribution in [-0.2, 0) is 0 Å². The minimum absolute atomic E-state index is 0.230. The average Bonchev–Trinajstić information content (AvgIpc) is 2.27. The Bertz CT molecular complexity index is 429. The molecular formula is C15H22FNO. The summed E-state index contributed by atoms with van der Waals surface area (Å²) in [4.78, 5) is 2.12. The summed E-state index contributed by atoms with van der Waals surface area (Å²) >= 11 is 0. The van der Waals surface area contributed by atoms with Gasteiger partial charge < -0.3 is 10.0 Å². The van der Waals surface area contributed by atoms with Crippen LogP contribution in [0.4, 0.5) is 10.1 Å². The fraction of sp³-hybridized carbons (Fsp3) is 0.600. The minimum Gasteiger partial charge on any atom is -0.389 e. The summed E-state index contributed by atoms with van der Waals surface area (Å²) in [6.07, 6.45) is 1.67. The molecule has 1 saturated heterocycles. The van der Waals surface area contributed by atoms with Crippen LogP contribution in [0.25, 0.3) is 0 Å². The minimum atomic E-state index is -0.619. The highest BCUT2D eigenvalue weighted by Gasteiger charge is 2.27. The van der Waals surface area contributed by atoms with Gasteiger partial charge in [0.25, 0.3) is 0 Å². The lowest BCUT2D eigenvalue weighted by Gasteiger charge is -2.39. The first-order valence-corrected chi connectivity index (χ1v) is 6.61. The zero-order valence-electron chi connectivity index (χ0n) is 11.4. The molecule has 0 aliphatic carbocycles. The van der Waals surface area contributed by atoms with Gasteiger partial charge in [-0.1, -0.05) is 19.9 Å². The molecule has 18 heavy (non-hydrogen) atoms. The van der Waals surface area contributed by atoms with Crippen molar-refractivity contribution in [3.05, 3.63) is 29.6 Å². The highest BCUT2D eigenvalue weighted by molar-refractivity contribution is 5.50. The summed E-state index contributed by atoms with van der Waals surface area (Å²) < 4.78 is 14.1. The Hall–Kier alpha value is -1.09. The lowest BCUT2D eigenvalue weighted by molar-refractivity contribution is 0.199. The number of hydrogen-bond acceptors (Lipinski definition) is 2. The van der Waals surface area contributed by atoms with Crippen molar-refractivity contribution in [3.8, 4) is 0 Å². The van der Waals surface area contributed by atoms with Crippen LogP contribution in [0.3, 0.4) is 0 Å². The van der Waals surface area contributed by atoms with Gasteiger partial charge in [-0.3, -0.25) is 0 Å². The summed E-state index contributed by atoms with van der Waals surface area (Å²) in [5.41, 5.74) is 1.54. The van der Waals surface area contributed by atoms with Gasteiger partial charge in [0.15, 0.2) is 0 Å². The van der Waals surface area contributed by atoms with E-state index in [-0.39, 0.29) is 11.2 Å². The number of anilines is 1. The predicted octanol–water partition coefficient (Wildman–Crippen LogP) is 3.51. The molecule has 1 N–H and O–H groups in total. The molecule has 1 fully saturated rings. The molecule has 1 unspecified atom stereocenters. The Kier molecular flexibility index (Phi) is 3.62. The number of piperidine rings is 1. The van der Waals surface area contributed by atoms with Gasteiger partial charge in [-0.05, 0) is 42.9 Å². The smallest absolute Gasteiger partial charge is 0.146 e. The van der Waals surface area contributed by atoms with Crippen molar-refractivity contribution < 1.29 is 9.50 Å². The molecular weight excluding hydrogens is 229 g/mol. The maximum atomic E-state index is 14.1. The number of hydrogen-bond donors (Lipinski definition) is 1. The average molecular weight is 251 g/mol. The van der Waals surface area contributed by atoms with Crippen LogP contribution in [0.5, 0.6) is 0 Å². The molecule has 0 amide bonds. The molecule has 3 heteroatoms. The van der Waals surface area contributed by atoms with E-state index < -0.39 is 6.10 Å². The van der Waals surface area contributed by atoms with E-state index in [2.05, 4.69) is 18.7 Å². The fourth-order valence-corrected chi connectivity index (χ4v) is 2.67. The van der Waals surface area contributed by atoms with Crippen molar-refractivity contribution in [3.63, 3.8) is 0 Å². The van der Waals surface area contributed by atoms with E-state index in [9.17, 15) is 9.50 Å². The second kappa shape index (κ2) is 4.88. The van der Waals surface area contributed by atoms with Crippen LogP contribution < -0.4 is 4.90 Å². The van der Waals surface area contributed by atoms with Gasteiger partial charge in [-0.2, -0.15) is 0 Å². The van der Waals surface area contributed by atoms with E-state index in [0.29, 0.717) is 11.3 Å². The summed E-state index contributed by atoms with van der Waals surface area (Å²) in [6.45, 7) is 7.90. The molecule has 1 atom stereocenters. The van der Waals surface area contributed by atoms with Gasteiger partial charge in [-0.15, -0.1) is 0 Å². The van der Waals surface area contributed by atoms with Crippen LogP contribution in [-0.4, -0.2) is 18.2 Å². The van der Waals surface area contributed by atoms with Crippen molar-refractivity contribution in [1.29, 1.82) is 0 Å². The van der Waals surface area contributed by atoms with Crippen LogP contribution in [0, 0.1) is 11.2 Å². The van der Waals surface area contributed by atoms with Gasteiger partial charge in [0.05, 0.1) is 11.8 Å². The summed E-state index contributed by atoms with van der Waals surface area (Å²) in [6, 6.07) is 5.05. The van der Waals surface area contributed by atoms with E-state index >= 15 is 0 Å². The number of rotatable bonds is 2. The third-order valence-electron chi connectivity index (χ3n) is 3.70. The first-order valence-electron chi connectivity index (χ1n) is 6.61. The van der Waals surface area contributed by atoms with Crippen molar-refractivity contribution >= 4 is 5.69 Å². The lowest BCUT2D eigenvalue weighted by atomic mass is 9.84. The maximum Gasteiger partial charge on any atom is 0.146 e. The Balaban J connectivity index is 2.23. The number of benzene rings is 1. The zero-order valence-corrected chi connectivity index (χ0v) is 11.4. The molecule has 2 rings (SSSR count). The SMILES string of the molecule is CC(O)c1ccc(N2CCCC(C)(C)C2)c(F)c1. The molecule has 1 aromatic rings. The van der Waals surface area contributed by atoms with E-state index in [4.69, 9.17) is 0 Å². The Labute approximate surface area is 108 Å². The molecule has 0 bridgehead atoms. The summed E-state index contributed by atoms with van der Waals surface area (Å²) in [7, 11) is 0. The van der Waals surface area contributed by atoms with E-state index in [1.54, 1.807) is 13.0 Å². The molecule has 2 nitrogen and oxygen atoms in total. The second-order valence-electron chi connectivity index (χ2n) is 6.08. The van der Waals surface area contributed by atoms with E-state index in [0.717, 1.165) is 19.5 Å². The van der Waals surface area contributed by atoms with Gasteiger partial charge in [0, 0.05) is 13.1 Å². The molecule has 1 aliphatic rings. The third kappa shape index (κ3) is 2.83. The van der Waals surface area contributed by atoms with Crippen molar-refractivity contribution in [2.24, 2.45) is 5.41 Å². The van der Waals surface area contributed by atoms with Crippen LogP contribution >= 0.6 is 0 Å². The molecule has 0 aromatic heterocycles. The molecule has 0 radical (unpaired) electrons. The number of nitrogens with zero attached hydrogens (tertiary/aromatic N) is 1. The van der Waals surface area contributed by atoms with Gasteiger partial charge in [0.2, 0.25) is 0 Å². The number of aliphatic hydroxyl groups excluding tert-OH is 1. The second-order valence-corrected chi connectivity index (χ2v) is 6.08. The summed E-state index contributed by atoms with van der Waals surface area (Å²) in [5, 5.41) is 9.45. The normalized spacial score (nSPS) is 20.8. The van der Waals surface area contributed by atoms with E-state index in [1.165, 1.54) is 12.5 Å². The Morgan fingerprint density at radius 2 is 2.11 bits per heavy atom. The monoisotopic (exact) mass is 251 g/mol. The van der Waals surface area contributed by atoms with Crippen LogP contribution in [0.15, 0.2) is 18.2 Å². The largest absolute Gasteiger partial charge is 0.389 e. The number of aliphatic hydroxyl groups is 1. The first kappa shape index (κ1) is 13.3. The van der Waals surface area contributed by atoms with Crippen LogP contribution in [0.2, 0.25) is 0 Å². The van der Waals surface area contributed by atoms with Crippen molar-refractivity contribution in [1.82, 2.24) is 0 Å². The summed E-state index contributed by atoms with van der Waals surface area (Å²) in [5.74, 6) is -0.230. The van der Waals surface area contributed by atoms with Gasteiger partial charge >= 0.3 is 0 Å². The van der Waals surface area contributed by atoms with Gasteiger partial charge in [0.1, 0.15) is 5.82 Å².